The van der Waals surface area contributed by atoms with Crippen LogP contribution in [-0.4, -0.2) is 20.7 Å². The summed E-state index contributed by atoms with van der Waals surface area (Å²) < 4.78 is 1.85. The molecule has 0 fully saturated rings. The first-order valence-corrected chi connectivity index (χ1v) is 8.15. The first kappa shape index (κ1) is 16.2. The molecular formula is C19H22N4O. The third-order valence-electron chi connectivity index (χ3n) is 4.13. The Hall–Kier alpha value is -2.69. The summed E-state index contributed by atoms with van der Waals surface area (Å²) in [5.41, 5.74) is 4.47. The van der Waals surface area contributed by atoms with Crippen molar-refractivity contribution < 1.29 is 4.79 Å². The molecule has 3 rings (SSSR count). The van der Waals surface area contributed by atoms with Gasteiger partial charge in [-0.2, -0.15) is 5.10 Å². The average molecular weight is 322 g/mol. The molecular weight excluding hydrogens is 300 g/mol. The molecule has 124 valence electrons. The predicted molar refractivity (Wildman–Crippen MR) is 95.0 cm³/mol. The van der Waals surface area contributed by atoms with Crippen LogP contribution in [0.25, 0.3) is 11.0 Å². The normalized spacial score (nSPS) is 11.2. The monoisotopic (exact) mass is 322 g/mol. The molecule has 0 unspecified atom stereocenters. The van der Waals surface area contributed by atoms with Gasteiger partial charge in [-0.25, -0.2) is 9.67 Å². The van der Waals surface area contributed by atoms with Crippen LogP contribution in [-0.2, 0) is 6.54 Å². The Morgan fingerprint density at radius 1 is 1.25 bits per heavy atom. The van der Waals surface area contributed by atoms with Crippen LogP contribution in [0.2, 0.25) is 0 Å². The largest absolute Gasteiger partial charge is 0.348 e. The second kappa shape index (κ2) is 6.43. The molecule has 1 aromatic carbocycles. The van der Waals surface area contributed by atoms with Crippen molar-refractivity contribution in [1.82, 2.24) is 20.1 Å². The minimum Gasteiger partial charge on any atom is -0.348 e. The molecule has 0 spiro atoms. The topological polar surface area (TPSA) is 59.8 Å². The van der Waals surface area contributed by atoms with E-state index in [9.17, 15) is 4.79 Å². The molecule has 0 aliphatic heterocycles. The van der Waals surface area contributed by atoms with Crippen molar-refractivity contribution in [2.75, 3.05) is 0 Å². The summed E-state index contributed by atoms with van der Waals surface area (Å²) in [7, 11) is 0. The Balaban J connectivity index is 1.91. The van der Waals surface area contributed by atoms with E-state index in [1.165, 1.54) is 5.56 Å². The number of nitrogens with zero attached hydrogens (tertiary/aromatic N) is 3. The van der Waals surface area contributed by atoms with Gasteiger partial charge in [-0.3, -0.25) is 4.79 Å². The number of hydrogen-bond donors (Lipinski definition) is 1. The van der Waals surface area contributed by atoms with E-state index in [1.807, 2.05) is 62.7 Å². The van der Waals surface area contributed by atoms with E-state index < -0.39 is 0 Å². The lowest BCUT2D eigenvalue weighted by atomic mass is 10.1. The van der Waals surface area contributed by atoms with E-state index in [4.69, 9.17) is 0 Å². The lowest BCUT2D eigenvalue weighted by Crippen LogP contribution is -2.23. The van der Waals surface area contributed by atoms with E-state index in [2.05, 4.69) is 15.4 Å². The lowest BCUT2D eigenvalue weighted by molar-refractivity contribution is 0.0952. The highest BCUT2D eigenvalue weighted by Crippen LogP contribution is 2.21. The summed E-state index contributed by atoms with van der Waals surface area (Å²) in [6, 6.07) is 10.1. The number of amides is 1. The fourth-order valence-corrected chi connectivity index (χ4v) is 2.79. The zero-order valence-electron chi connectivity index (χ0n) is 14.5. The number of carbonyl (C=O) groups is 1. The quantitative estimate of drug-likeness (QED) is 0.799. The molecule has 1 N–H and O–H groups in total. The van der Waals surface area contributed by atoms with E-state index in [0.29, 0.717) is 12.1 Å². The summed E-state index contributed by atoms with van der Waals surface area (Å²) in [6.07, 6.45) is 1.73. The predicted octanol–water partition coefficient (Wildman–Crippen LogP) is 3.56. The maximum absolute atomic E-state index is 12.7. The van der Waals surface area contributed by atoms with Gasteiger partial charge in [0.25, 0.3) is 5.91 Å². The van der Waals surface area contributed by atoms with Gasteiger partial charge in [-0.1, -0.05) is 24.3 Å². The highest BCUT2D eigenvalue weighted by Gasteiger charge is 2.16. The van der Waals surface area contributed by atoms with E-state index >= 15 is 0 Å². The van der Waals surface area contributed by atoms with Gasteiger partial charge in [0.1, 0.15) is 0 Å². The number of pyridine rings is 1. The minimum absolute atomic E-state index is 0.0999. The molecule has 24 heavy (non-hydrogen) atoms. The van der Waals surface area contributed by atoms with Crippen LogP contribution in [0.5, 0.6) is 0 Å². The van der Waals surface area contributed by atoms with Crippen molar-refractivity contribution in [3.05, 3.63) is 58.9 Å². The molecule has 0 radical (unpaired) electrons. The molecule has 0 aliphatic rings. The summed E-state index contributed by atoms with van der Waals surface area (Å²) in [4.78, 5) is 17.3. The molecule has 3 aromatic rings. The highest BCUT2D eigenvalue weighted by atomic mass is 16.1. The SMILES string of the molecule is Cc1cc(C(=O)NCc2ccccc2C)c2cnn(C(C)C)c2n1. The van der Waals surface area contributed by atoms with Gasteiger partial charge < -0.3 is 5.32 Å². The van der Waals surface area contributed by atoms with Crippen LogP contribution in [0.3, 0.4) is 0 Å². The molecule has 5 nitrogen and oxygen atoms in total. The van der Waals surface area contributed by atoms with Gasteiger partial charge in [0.2, 0.25) is 0 Å². The molecule has 0 atom stereocenters. The van der Waals surface area contributed by atoms with Crippen LogP contribution < -0.4 is 5.32 Å². The highest BCUT2D eigenvalue weighted by molar-refractivity contribution is 6.05. The molecule has 0 saturated carbocycles. The fourth-order valence-electron chi connectivity index (χ4n) is 2.79. The lowest BCUT2D eigenvalue weighted by Gasteiger charge is -2.10. The van der Waals surface area contributed by atoms with Gasteiger partial charge in [-0.05, 0) is 44.9 Å². The Bertz CT molecular complexity index is 896. The molecule has 0 bridgehead atoms. The molecule has 2 aromatic heterocycles. The number of fused-ring (bicyclic) bond motifs is 1. The summed E-state index contributed by atoms with van der Waals surface area (Å²) in [6.45, 7) is 8.55. The second-order valence-corrected chi connectivity index (χ2v) is 6.34. The summed E-state index contributed by atoms with van der Waals surface area (Å²) in [5, 5.41) is 8.18. The molecule has 2 heterocycles. The third kappa shape index (κ3) is 3.02. The zero-order valence-corrected chi connectivity index (χ0v) is 14.5. The van der Waals surface area contributed by atoms with Crippen molar-refractivity contribution in [2.45, 2.75) is 40.3 Å². The van der Waals surface area contributed by atoms with E-state index in [1.54, 1.807) is 6.20 Å². The first-order valence-electron chi connectivity index (χ1n) is 8.15. The van der Waals surface area contributed by atoms with Crippen molar-refractivity contribution in [3.63, 3.8) is 0 Å². The van der Waals surface area contributed by atoms with Gasteiger partial charge in [0.05, 0.1) is 17.1 Å². The molecule has 1 amide bonds. The summed E-state index contributed by atoms with van der Waals surface area (Å²) >= 11 is 0. The molecule has 0 aliphatic carbocycles. The van der Waals surface area contributed by atoms with Crippen LogP contribution in [0.4, 0.5) is 0 Å². The number of rotatable bonds is 4. The molecule has 0 saturated heterocycles. The summed E-state index contributed by atoms with van der Waals surface area (Å²) in [5.74, 6) is -0.0999. The maximum atomic E-state index is 12.7. The van der Waals surface area contributed by atoms with Crippen molar-refractivity contribution in [2.24, 2.45) is 0 Å². The van der Waals surface area contributed by atoms with Gasteiger partial charge in [-0.15, -0.1) is 0 Å². The third-order valence-corrected chi connectivity index (χ3v) is 4.13. The Labute approximate surface area is 141 Å². The first-order chi connectivity index (χ1) is 11.5. The molecule has 5 heteroatoms. The van der Waals surface area contributed by atoms with Crippen molar-refractivity contribution >= 4 is 16.9 Å². The van der Waals surface area contributed by atoms with Crippen molar-refractivity contribution in [1.29, 1.82) is 0 Å². The fraction of sp³-hybridized carbons (Fsp3) is 0.316. The standard InChI is InChI=1S/C19H22N4O/c1-12(2)23-18-17(11-21-23)16(9-14(4)22-18)19(24)20-10-15-8-6-5-7-13(15)3/h5-9,11-12H,10H2,1-4H3,(H,20,24). The number of benzene rings is 1. The van der Waals surface area contributed by atoms with Crippen LogP contribution in [0, 0.1) is 13.8 Å². The Kier molecular flexibility index (Phi) is 4.34. The van der Waals surface area contributed by atoms with Crippen LogP contribution in [0.1, 0.15) is 47.1 Å². The van der Waals surface area contributed by atoms with E-state index in [-0.39, 0.29) is 11.9 Å². The van der Waals surface area contributed by atoms with E-state index in [0.717, 1.165) is 22.3 Å². The van der Waals surface area contributed by atoms with Gasteiger partial charge in [0.15, 0.2) is 5.65 Å². The average Bonchev–Trinajstić information content (AvgIpc) is 2.96. The number of hydrogen-bond acceptors (Lipinski definition) is 3. The number of aromatic nitrogens is 3. The number of aryl methyl sites for hydroxylation is 2. The zero-order chi connectivity index (χ0) is 17.3. The minimum atomic E-state index is -0.0999. The number of nitrogens with one attached hydrogen (secondary N) is 1. The second-order valence-electron chi connectivity index (χ2n) is 6.34. The van der Waals surface area contributed by atoms with Crippen LogP contribution >= 0.6 is 0 Å². The maximum Gasteiger partial charge on any atom is 0.252 e. The Morgan fingerprint density at radius 3 is 2.71 bits per heavy atom. The van der Waals surface area contributed by atoms with Gasteiger partial charge in [0, 0.05) is 18.3 Å². The number of carbonyl (C=O) groups excluding carboxylic acids is 1. The van der Waals surface area contributed by atoms with Crippen LogP contribution in [0.15, 0.2) is 36.5 Å². The smallest absolute Gasteiger partial charge is 0.252 e. The van der Waals surface area contributed by atoms with Crippen molar-refractivity contribution in [3.8, 4) is 0 Å². The Morgan fingerprint density at radius 2 is 2.00 bits per heavy atom. The van der Waals surface area contributed by atoms with Gasteiger partial charge >= 0.3 is 0 Å².